The standard InChI is InChI=1S/C21H17N3O4/c1-15-17(9-5-10-18(15)24(26)27)21(25)23-12-2-3-14-28-19-11-4-7-16-8-6-13-22-20(16)19/h4-11,13H,12,14H2,1H3,(H,23,25). The molecular formula is C21H17N3O4. The fourth-order valence-electron chi connectivity index (χ4n) is 2.71. The maximum atomic E-state index is 12.2. The predicted molar refractivity (Wildman–Crippen MR) is 105 cm³/mol. The summed E-state index contributed by atoms with van der Waals surface area (Å²) in [6, 6.07) is 13.9. The highest BCUT2D eigenvalue weighted by atomic mass is 16.6. The molecule has 1 amide bonds. The van der Waals surface area contributed by atoms with Crippen LogP contribution in [0.4, 0.5) is 5.69 Å². The summed E-state index contributed by atoms with van der Waals surface area (Å²) in [5, 5.41) is 14.6. The normalized spacial score (nSPS) is 10.0. The van der Waals surface area contributed by atoms with Crippen LogP contribution in [0.1, 0.15) is 15.9 Å². The SMILES string of the molecule is Cc1c(C(=O)NCC#CCOc2cccc3cccnc23)cccc1[N+](=O)[O-]. The van der Waals surface area contributed by atoms with E-state index >= 15 is 0 Å². The third kappa shape index (κ3) is 4.24. The summed E-state index contributed by atoms with van der Waals surface area (Å²) in [5.74, 6) is 5.86. The van der Waals surface area contributed by atoms with Crippen LogP contribution in [0, 0.1) is 28.9 Å². The topological polar surface area (TPSA) is 94.4 Å². The van der Waals surface area contributed by atoms with E-state index in [1.807, 2.05) is 30.3 Å². The number of carbonyl (C=O) groups excluding carboxylic acids is 1. The van der Waals surface area contributed by atoms with Crippen molar-refractivity contribution in [2.75, 3.05) is 13.2 Å². The Morgan fingerprint density at radius 2 is 1.96 bits per heavy atom. The summed E-state index contributed by atoms with van der Waals surface area (Å²) in [6.07, 6.45) is 1.70. The Hall–Kier alpha value is -3.92. The molecule has 0 aliphatic heterocycles. The average Bonchev–Trinajstić information content (AvgIpc) is 2.70. The Labute approximate surface area is 161 Å². The minimum Gasteiger partial charge on any atom is -0.479 e. The van der Waals surface area contributed by atoms with Crippen LogP contribution in [0.25, 0.3) is 10.9 Å². The predicted octanol–water partition coefficient (Wildman–Crippen LogP) is 3.26. The van der Waals surface area contributed by atoms with Crippen molar-refractivity contribution in [3.05, 3.63) is 76.0 Å². The number of nitrogens with one attached hydrogen (secondary N) is 1. The highest BCUT2D eigenvalue weighted by Crippen LogP contribution is 2.22. The van der Waals surface area contributed by atoms with Crippen molar-refractivity contribution in [2.45, 2.75) is 6.92 Å². The molecule has 0 aliphatic carbocycles. The molecule has 7 nitrogen and oxygen atoms in total. The number of ether oxygens (including phenoxy) is 1. The van der Waals surface area contributed by atoms with Gasteiger partial charge in [-0.1, -0.05) is 36.1 Å². The largest absolute Gasteiger partial charge is 0.479 e. The number of aromatic nitrogens is 1. The monoisotopic (exact) mass is 375 g/mol. The zero-order valence-corrected chi connectivity index (χ0v) is 15.1. The van der Waals surface area contributed by atoms with Gasteiger partial charge in [-0.3, -0.25) is 19.9 Å². The Kier molecular flexibility index (Phi) is 5.82. The number of nitro benzene ring substituents is 1. The molecule has 0 saturated carbocycles. The summed E-state index contributed by atoms with van der Waals surface area (Å²) >= 11 is 0. The molecule has 3 aromatic rings. The molecule has 0 unspecified atom stereocenters. The lowest BCUT2D eigenvalue weighted by Gasteiger charge is -2.06. The number of fused-ring (bicyclic) bond motifs is 1. The molecule has 1 heterocycles. The van der Waals surface area contributed by atoms with Gasteiger partial charge in [0.15, 0.2) is 0 Å². The maximum Gasteiger partial charge on any atom is 0.273 e. The van der Waals surface area contributed by atoms with Crippen molar-refractivity contribution in [3.63, 3.8) is 0 Å². The first-order valence-electron chi connectivity index (χ1n) is 8.52. The first-order chi connectivity index (χ1) is 13.6. The zero-order chi connectivity index (χ0) is 19.9. The maximum absolute atomic E-state index is 12.2. The van der Waals surface area contributed by atoms with Gasteiger partial charge in [0.25, 0.3) is 11.6 Å². The van der Waals surface area contributed by atoms with Crippen LogP contribution in [0.2, 0.25) is 0 Å². The molecule has 0 aliphatic rings. The second-order valence-electron chi connectivity index (χ2n) is 5.86. The van der Waals surface area contributed by atoms with Gasteiger partial charge < -0.3 is 10.1 Å². The van der Waals surface area contributed by atoms with E-state index in [1.165, 1.54) is 12.1 Å². The number of para-hydroxylation sites is 1. The quantitative estimate of drug-likeness (QED) is 0.420. The van der Waals surface area contributed by atoms with Gasteiger partial charge in [0, 0.05) is 28.8 Å². The van der Waals surface area contributed by atoms with Crippen LogP contribution >= 0.6 is 0 Å². The number of nitrogens with zero attached hydrogens (tertiary/aromatic N) is 2. The van der Waals surface area contributed by atoms with E-state index < -0.39 is 10.8 Å². The third-order valence-corrected chi connectivity index (χ3v) is 4.10. The molecule has 1 aromatic heterocycles. The number of nitro groups is 1. The highest BCUT2D eigenvalue weighted by Gasteiger charge is 2.17. The number of hydrogen-bond acceptors (Lipinski definition) is 5. The summed E-state index contributed by atoms with van der Waals surface area (Å²) < 4.78 is 5.65. The average molecular weight is 375 g/mol. The Morgan fingerprint density at radius 3 is 2.79 bits per heavy atom. The summed E-state index contributed by atoms with van der Waals surface area (Å²) in [5.41, 5.74) is 1.26. The van der Waals surface area contributed by atoms with Gasteiger partial charge >= 0.3 is 0 Å². The molecule has 7 heteroatoms. The molecule has 28 heavy (non-hydrogen) atoms. The number of amides is 1. The van der Waals surface area contributed by atoms with Crippen LogP contribution in [0.5, 0.6) is 5.75 Å². The van der Waals surface area contributed by atoms with Gasteiger partial charge in [-0.2, -0.15) is 0 Å². The lowest BCUT2D eigenvalue weighted by Crippen LogP contribution is -2.24. The van der Waals surface area contributed by atoms with Crippen LogP contribution in [-0.4, -0.2) is 29.0 Å². The van der Waals surface area contributed by atoms with Gasteiger partial charge in [0.05, 0.1) is 11.5 Å². The second kappa shape index (κ2) is 8.64. The minimum atomic E-state index is -0.509. The number of hydrogen-bond donors (Lipinski definition) is 1. The number of pyridine rings is 1. The van der Waals surface area contributed by atoms with E-state index in [2.05, 4.69) is 22.1 Å². The van der Waals surface area contributed by atoms with Crippen molar-refractivity contribution in [3.8, 4) is 17.6 Å². The van der Waals surface area contributed by atoms with Crippen molar-refractivity contribution in [1.82, 2.24) is 10.3 Å². The summed E-state index contributed by atoms with van der Waals surface area (Å²) in [7, 11) is 0. The molecule has 1 N–H and O–H groups in total. The van der Waals surface area contributed by atoms with Crippen molar-refractivity contribution >= 4 is 22.5 Å². The van der Waals surface area contributed by atoms with Crippen LogP contribution in [0.15, 0.2) is 54.7 Å². The van der Waals surface area contributed by atoms with Crippen LogP contribution < -0.4 is 10.1 Å². The van der Waals surface area contributed by atoms with E-state index in [0.29, 0.717) is 11.3 Å². The van der Waals surface area contributed by atoms with E-state index in [0.717, 1.165) is 10.9 Å². The zero-order valence-electron chi connectivity index (χ0n) is 15.1. The van der Waals surface area contributed by atoms with E-state index in [1.54, 1.807) is 19.2 Å². The van der Waals surface area contributed by atoms with Gasteiger partial charge in [-0.25, -0.2) is 0 Å². The lowest BCUT2D eigenvalue weighted by atomic mass is 10.1. The van der Waals surface area contributed by atoms with Crippen molar-refractivity contribution < 1.29 is 14.5 Å². The molecule has 2 aromatic carbocycles. The van der Waals surface area contributed by atoms with Crippen LogP contribution in [0.3, 0.4) is 0 Å². The Morgan fingerprint density at radius 1 is 1.18 bits per heavy atom. The molecule has 0 bridgehead atoms. The van der Waals surface area contributed by atoms with E-state index in [9.17, 15) is 14.9 Å². The summed E-state index contributed by atoms with van der Waals surface area (Å²) in [4.78, 5) is 27.0. The number of rotatable bonds is 5. The molecule has 0 saturated heterocycles. The first-order valence-corrected chi connectivity index (χ1v) is 8.52. The minimum absolute atomic E-state index is 0.0872. The number of carbonyl (C=O) groups is 1. The van der Waals surface area contributed by atoms with Gasteiger partial charge in [0.2, 0.25) is 0 Å². The molecule has 0 fully saturated rings. The van der Waals surface area contributed by atoms with Gasteiger partial charge in [0.1, 0.15) is 17.9 Å². The third-order valence-electron chi connectivity index (χ3n) is 4.10. The Bertz CT molecular complexity index is 1090. The van der Waals surface area contributed by atoms with E-state index in [-0.39, 0.29) is 24.4 Å². The molecule has 0 radical (unpaired) electrons. The molecule has 3 rings (SSSR count). The first kappa shape index (κ1) is 18.9. The smallest absolute Gasteiger partial charge is 0.273 e. The van der Waals surface area contributed by atoms with Crippen LogP contribution in [-0.2, 0) is 0 Å². The van der Waals surface area contributed by atoms with Gasteiger partial charge in [-0.15, -0.1) is 0 Å². The fourth-order valence-corrected chi connectivity index (χ4v) is 2.71. The molecular weight excluding hydrogens is 358 g/mol. The second-order valence-corrected chi connectivity index (χ2v) is 5.86. The van der Waals surface area contributed by atoms with Gasteiger partial charge in [-0.05, 0) is 25.1 Å². The molecule has 140 valence electrons. The van der Waals surface area contributed by atoms with Crippen molar-refractivity contribution in [2.24, 2.45) is 0 Å². The lowest BCUT2D eigenvalue weighted by molar-refractivity contribution is -0.385. The fraction of sp³-hybridized carbons (Fsp3) is 0.143. The molecule has 0 spiro atoms. The van der Waals surface area contributed by atoms with Crippen molar-refractivity contribution in [1.29, 1.82) is 0 Å². The molecule has 0 atom stereocenters. The number of benzene rings is 2. The summed E-state index contributed by atoms with van der Waals surface area (Å²) in [6.45, 7) is 1.81. The van der Waals surface area contributed by atoms with E-state index in [4.69, 9.17) is 4.74 Å². The Balaban J connectivity index is 1.55. The highest BCUT2D eigenvalue weighted by molar-refractivity contribution is 5.96.